The van der Waals surface area contributed by atoms with Gasteiger partial charge in [0.2, 0.25) is 0 Å². The molecule has 5 heteroatoms. The topological polar surface area (TPSA) is 66.9 Å². The predicted molar refractivity (Wildman–Crippen MR) is 57.5 cm³/mol. The summed E-state index contributed by atoms with van der Waals surface area (Å²) in [7, 11) is 0. The molecule has 5 nitrogen and oxygen atoms in total. The van der Waals surface area contributed by atoms with Gasteiger partial charge in [0, 0.05) is 12.6 Å². The molecule has 1 aliphatic heterocycles. The molecule has 0 spiro atoms. The molecule has 3 rings (SSSR count). The number of hydrogen-bond acceptors (Lipinski definition) is 3. The molecule has 1 aliphatic rings. The van der Waals surface area contributed by atoms with Crippen LogP contribution >= 0.6 is 0 Å². The SMILES string of the molecule is c1c[nH+]c2nc(N[C@H]3CCNC3)[nH]c2c1. The Hall–Kier alpha value is -1.62. The highest BCUT2D eigenvalue weighted by Crippen LogP contribution is 2.11. The summed E-state index contributed by atoms with van der Waals surface area (Å²) < 4.78 is 0. The van der Waals surface area contributed by atoms with E-state index in [0.29, 0.717) is 6.04 Å². The van der Waals surface area contributed by atoms with Crippen molar-refractivity contribution in [1.82, 2.24) is 15.3 Å². The number of pyridine rings is 1. The number of H-pyrrole nitrogens is 2. The van der Waals surface area contributed by atoms with E-state index in [0.717, 1.165) is 36.6 Å². The summed E-state index contributed by atoms with van der Waals surface area (Å²) in [6.07, 6.45) is 3.03. The Morgan fingerprint density at radius 3 is 3.33 bits per heavy atom. The van der Waals surface area contributed by atoms with Crippen LogP contribution in [-0.4, -0.2) is 29.1 Å². The highest BCUT2D eigenvalue weighted by atomic mass is 15.2. The summed E-state index contributed by atoms with van der Waals surface area (Å²) in [5, 5.41) is 6.70. The molecule has 0 amide bonds. The van der Waals surface area contributed by atoms with E-state index < -0.39 is 0 Å². The van der Waals surface area contributed by atoms with Crippen molar-refractivity contribution in [3.8, 4) is 0 Å². The van der Waals surface area contributed by atoms with Crippen LogP contribution in [0.3, 0.4) is 0 Å². The van der Waals surface area contributed by atoms with Crippen molar-refractivity contribution < 1.29 is 4.98 Å². The molecule has 2 aromatic rings. The van der Waals surface area contributed by atoms with Gasteiger partial charge in [-0.25, -0.2) is 4.98 Å². The van der Waals surface area contributed by atoms with Gasteiger partial charge in [0.15, 0.2) is 0 Å². The zero-order valence-electron chi connectivity index (χ0n) is 8.38. The maximum absolute atomic E-state index is 4.43. The fourth-order valence-corrected chi connectivity index (χ4v) is 1.93. The monoisotopic (exact) mass is 204 g/mol. The van der Waals surface area contributed by atoms with E-state index >= 15 is 0 Å². The van der Waals surface area contributed by atoms with Gasteiger partial charge in [0.1, 0.15) is 5.52 Å². The summed E-state index contributed by atoms with van der Waals surface area (Å²) in [5.41, 5.74) is 1.93. The number of fused-ring (bicyclic) bond motifs is 1. The second kappa shape index (κ2) is 3.51. The molecule has 2 aromatic heterocycles. The van der Waals surface area contributed by atoms with E-state index in [4.69, 9.17) is 0 Å². The van der Waals surface area contributed by atoms with Gasteiger partial charge in [0.25, 0.3) is 0 Å². The zero-order chi connectivity index (χ0) is 10.1. The van der Waals surface area contributed by atoms with Crippen LogP contribution in [0.4, 0.5) is 5.95 Å². The van der Waals surface area contributed by atoms with Gasteiger partial charge in [-0.2, -0.15) is 0 Å². The summed E-state index contributed by atoms with van der Waals surface area (Å²) in [6, 6.07) is 4.46. The standard InChI is InChI=1S/C10H13N5/c1-2-8-9(12-4-1)15-10(14-8)13-7-3-5-11-6-7/h1-2,4,7,11H,3,5-6H2,(H2,12,13,14,15)/p+1/t7-/m0/s1. The minimum absolute atomic E-state index is 0.491. The average Bonchev–Trinajstić information content (AvgIpc) is 2.86. The Kier molecular flexibility index (Phi) is 2.03. The van der Waals surface area contributed by atoms with Crippen molar-refractivity contribution in [2.45, 2.75) is 12.5 Å². The molecule has 3 heterocycles. The van der Waals surface area contributed by atoms with Gasteiger partial charge in [-0.05, 0) is 30.1 Å². The number of aromatic amines is 2. The van der Waals surface area contributed by atoms with Crippen molar-refractivity contribution in [2.75, 3.05) is 18.4 Å². The normalized spacial score (nSPS) is 20.9. The first-order valence-corrected chi connectivity index (χ1v) is 5.25. The Balaban J connectivity index is 1.84. The predicted octanol–water partition coefficient (Wildman–Crippen LogP) is 0.151. The Bertz CT molecular complexity index is 425. The summed E-state index contributed by atoms with van der Waals surface area (Å²) in [4.78, 5) is 10.8. The molecule has 0 bridgehead atoms. The quantitative estimate of drug-likeness (QED) is 0.652. The minimum Gasteiger partial charge on any atom is -0.330 e. The lowest BCUT2D eigenvalue weighted by molar-refractivity contribution is -0.347. The molecule has 4 N–H and O–H groups in total. The third-order valence-corrected chi connectivity index (χ3v) is 2.71. The molecule has 78 valence electrons. The van der Waals surface area contributed by atoms with Gasteiger partial charge in [0.05, 0.1) is 6.20 Å². The van der Waals surface area contributed by atoms with Crippen LogP contribution in [0.5, 0.6) is 0 Å². The van der Waals surface area contributed by atoms with Crippen molar-refractivity contribution in [2.24, 2.45) is 0 Å². The second-order valence-corrected chi connectivity index (χ2v) is 3.85. The lowest BCUT2D eigenvalue weighted by Crippen LogP contribution is -2.22. The first kappa shape index (κ1) is 8.67. The third kappa shape index (κ3) is 1.66. The van der Waals surface area contributed by atoms with Crippen molar-refractivity contribution >= 4 is 17.1 Å². The number of aromatic nitrogens is 3. The third-order valence-electron chi connectivity index (χ3n) is 2.71. The van der Waals surface area contributed by atoms with Crippen LogP contribution in [0.2, 0.25) is 0 Å². The molecule has 0 unspecified atom stereocenters. The fourth-order valence-electron chi connectivity index (χ4n) is 1.93. The Labute approximate surface area is 87.3 Å². The van der Waals surface area contributed by atoms with E-state index in [1.807, 2.05) is 18.3 Å². The van der Waals surface area contributed by atoms with Crippen LogP contribution < -0.4 is 15.6 Å². The summed E-state index contributed by atoms with van der Waals surface area (Å²) in [5.74, 6) is 0.848. The van der Waals surface area contributed by atoms with Gasteiger partial charge in [-0.3, -0.25) is 4.98 Å². The maximum Gasteiger partial charge on any atom is 0.349 e. The van der Waals surface area contributed by atoms with E-state index in [1.54, 1.807) is 0 Å². The smallest absolute Gasteiger partial charge is 0.330 e. The summed E-state index contributed by atoms with van der Waals surface area (Å²) >= 11 is 0. The Morgan fingerprint density at radius 1 is 1.53 bits per heavy atom. The number of nitrogens with zero attached hydrogens (tertiary/aromatic N) is 1. The number of rotatable bonds is 2. The molecule has 1 fully saturated rings. The highest BCUT2D eigenvalue weighted by Gasteiger charge is 2.18. The molecule has 0 saturated carbocycles. The fraction of sp³-hybridized carbons (Fsp3) is 0.400. The Morgan fingerprint density at radius 2 is 2.53 bits per heavy atom. The first-order chi connectivity index (χ1) is 7.42. The van der Waals surface area contributed by atoms with E-state index in [1.165, 1.54) is 0 Å². The van der Waals surface area contributed by atoms with E-state index in [9.17, 15) is 0 Å². The van der Waals surface area contributed by atoms with E-state index in [2.05, 4.69) is 25.6 Å². The number of nitrogens with one attached hydrogen (secondary N) is 4. The van der Waals surface area contributed by atoms with Gasteiger partial charge < -0.3 is 10.6 Å². The molecule has 0 aromatic carbocycles. The van der Waals surface area contributed by atoms with Crippen LogP contribution in [0.1, 0.15) is 6.42 Å². The molecule has 15 heavy (non-hydrogen) atoms. The molecular formula is C10H14N5+. The molecule has 0 radical (unpaired) electrons. The van der Waals surface area contributed by atoms with Crippen molar-refractivity contribution in [3.05, 3.63) is 18.3 Å². The second-order valence-electron chi connectivity index (χ2n) is 3.85. The summed E-state index contributed by atoms with van der Waals surface area (Å²) in [6.45, 7) is 2.10. The van der Waals surface area contributed by atoms with Crippen LogP contribution in [0, 0.1) is 0 Å². The van der Waals surface area contributed by atoms with Crippen LogP contribution in [-0.2, 0) is 0 Å². The minimum atomic E-state index is 0.491. The van der Waals surface area contributed by atoms with Crippen LogP contribution in [0.25, 0.3) is 11.2 Å². The first-order valence-electron chi connectivity index (χ1n) is 5.25. The molecular weight excluding hydrogens is 190 g/mol. The molecule has 1 atom stereocenters. The van der Waals surface area contributed by atoms with Gasteiger partial charge in [-0.15, -0.1) is 0 Å². The van der Waals surface area contributed by atoms with Crippen LogP contribution in [0.15, 0.2) is 18.3 Å². The number of anilines is 1. The lowest BCUT2D eigenvalue weighted by Gasteiger charge is -2.05. The van der Waals surface area contributed by atoms with Crippen molar-refractivity contribution in [3.63, 3.8) is 0 Å². The highest BCUT2D eigenvalue weighted by molar-refractivity contribution is 5.69. The van der Waals surface area contributed by atoms with Gasteiger partial charge >= 0.3 is 11.6 Å². The number of hydrogen-bond donors (Lipinski definition) is 3. The zero-order valence-corrected chi connectivity index (χ0v) is 8.38. The molecule has 0 aliphatic carbocycles. The van der Waals surface area contributed by atoms with Crippen molar-refractivity contribution in [1.29, 1.82) is 0 Å². The van der Waals surface area contributed by atoms with Gasteiger partial charge in [-0.1, -0.05) is 0 Å². The lowest BCUT2D eigenvalue weighted by atomic mass is 10.3. The largest absolute Gasteiger partial charge is 0.349 e. The maximum atomic E-state index is 4.43. The number of imidazole rings is 1. The molecule has 1 saturated heterocycles. The average molecular weight is 204 g/mol. The van der Waals surface area contributed by atoms with E-state index in [-0.39, 0.29) is 0 Å².